The van der Waals surface area contributed by atoms with Crippen LogP contribution in [-0.2, 0) is 17.8 Å². The minimum absolute atomic E-state index is 0.236. The second-order valence-electron chi connectivity index (χ2n) is 6.17. The molecule has 1 rings (SSSR count). The summed E-state index contributed by atoms with van der Waals surface area (Å²) in [6.45, 7) is 10.3. The summed E-state index contributed by atoms with van der Waals surface area (Å²) in [4.78, 5) is 27.1. The average Bonchev–Trinajstić information content (AvgIpc) is 2.37. The fourth-order valence-corrected chi connectivity index (χ4v) is 2.45. The van der Waals surface area contributed by atoms with E-state index in [-0.39, 0.29) is 5.69 Å². The van der Waals surface area contributed by atoms with Crippen LogP contribution in [0.2, 0.25) is 0 Å². The van der Waals surface area contributed by atoms with Crippen LogP contribution in [-0.4, -0.2) is 20.6 Å². The van der Waals surface area contributed by atoms with Crippen molar-refractivity contribution in [1.82, 2.24) is 9.55 Å². The predicted molar refractivity (Wildman–Crippen MR) is 82.5 cm³/mol. The maximum atomic E-state index is 12.0. The molecule has 0 aliphatic heterocycles. The Morgan fingerprint density at radius 2 is 1.90 bits per heavy atom. The largest absolute Gasteiger partial charge is 0.481 e. The molecule has 1 aromatic rings. The van der Waals surface area contributed by atoms with Crippen molar-refractivity contribution in [3.63, 3.8) is 0 Å². The van der Waals surface area contributed by atoms with E-state index >= 15 is 0 Å². The summed E-state index contributed by atoms with van der Waals surface area (Å²) in [5.41, 5.74) is 2.14. The highest BCUT2D eigenvalue weighted by Crippen LogP contribution is 2.16. The maximum absolute atomic E-state index is 12.0. The van der Waals surface area contributed by atoms with Gasteiger partial charge >= 0.3 is 11.7 Å². The number of aryl methyl sites for hydroxylation is 1. The minimum Gasteiger partial charge on any atom is -0.481 e. The molecule has 0 aliphatic carbocycles. The number of hydrogen-bond donors (Lipinski definition) is 1. The molecular weight excluding hydrogens is 268 g/mol. The molecule has 1 N–H and O–H groups in total. The van der Waals surface area contributed by atoms with Gasteiger partial charge in [-0.05, 0) is 44.6 Å². The summed E-state index contributed by atoms with van der Waals surface area (Å²) in [7, 11) is 0. The number of carboxylic acid groups (broad SMARTS) is 1. The van der Waals surface area contributed by atoms with Crippen molar-refractivity contribution >= 4 is 5.97 Å². The molecule has 0 fully saturated rings. The number of carboxylic acids is 1. The molecule has 0 radical (unpaired) electrons. The van der Waals surface area contributed by atoms with Crippen LogP contribution in [0.25, 0.3) is 0 Å². The highest BCUT2D eigenvalue weighted by Gasteiger charge is 2.18. The molecule has 5 nitrogen and oxygen atoms in total. The number of rotatable bonds is 7. The average molecular weight is 294 g/mol. The Balaban J connectivity index is 3.04. The Morgan fingerprint density at radius 1 is 1.29 bits per heavy atom. The zero-order chi connectivity index (χ0) is 16.2. The Labute approximate surface area is 126 Å². The Kier molecular flexibility index (Phi) is 6.12. The number of aliphatic carboxylic acids is 1. The van der Waals surface area contributed by atoms with Crippen molar-refractivity contribution in [2.75, 3.05) is 0 Å². The van der Waals surface area contributed by atoms with E-state index in [1.54, 1.807) is 18.4 Å². The third-order valence-electron chi connectivity index (χ3n) is 3.87. The molecule has 118 valence electrons. The second-order valence-corrected chi connectivity index (χ2v) is 6.17. The quantitative estimate of drug-likeness (QED) is 0.839. The van der Waals surface area contributed by atoms with Gasteiger partial charge in [-0.3, -0.25) is 9.36 Å². The number of carbonyl (C=O) groups is 1. The van der Waals surface area contributed by atoms with Crippen LogP contribution in [0.1, 0.15) is 50.6 Å². The van der Waals surface area contributed by atoms with Gasteiger partial charge in [0.2, 0.25) is 0 Å². The van der Waals surface area contributed by atoms with Crippen molar-refractivity contribution < 1.29 is 9.90 Å². The third kappa shape index (κ3) is 4.69. The van der Waals surface area contributed by atoms with Gasteiger partial charge in [-0.25, -0.2) is 4.79 Å². The van der Waals surface area contributed by atoms with Gasteiger partial charge in [-0.2, -0.15) is 4.98 Å². The molecule has 0 saturated heterocycles. The van der Waals surface area contributed by atoms with E-state index in [9.17, 15) is 9.59 Å². The predicted octanol–water partition coefficient (Wildman–Crippen LogP) is 2.56. The van der Waals surface area contributed by atoms with Gasteiger partial charge in [0.15, 0.2) is 0 Å². The van der Waals surface area contributed by atoms with Crippen LogP contribution in [0.4, 0.5) is 0 Å². The van der Waals surface area contributed by atoms with E-state index in [4.69, 9.17) is 5.11 Å². The Hall–Kier alpha value is -1.65. The lowest BCUT2D eigenvalue weighted by Crippen LogP contribution is -2.29. The van der Waals surface area contributed by atoms with E-state index in [0.717, 1.165) is 24.1 Å². The molecule has 1 unspecified atom stereocenters. The van der Waals surface area contributed by atoms with Gasteiger partial charge in [0.25, 0.3) is 0 Å². The van der Waals surface area contributed by atoms with E-state index in [1.807, 2.05) is 6.92 Å². The number of hydrogen-bond acceptors (Lipinski definition) is 3. The van der Waals surface area contributed by atoms with Gasteiger partial charge in [-0.1, -0.05) is 20.8 Å². The highest BCUT2D eigenvalue weighted by atomic mass is 16.4. The van der Waals surface area contributed by atoms with E-state index < -0.39 is 11.9 Å². The number of nitrogens with zero attached hydrogens (tertiary/aromatic N) is 2. The topological polar surface area (TPSA) is 72.2 Å². The van der Waals surface area contributed by atoms with Crippen LogP contribution in [0, 0.1) is 25.7 Å². The molecule has 1 atom stereocenters. The molecular formula is C16H26N2O3. The summed E-state index contributed by atoms with van der Waals surface area (Å²) in [5, 5.41) is 9.06. The van der Waals surface area contributed by atoms with Crippen molar-refractivity contribution in [2.24, 2.45) is 11.8 Å². The standard InChI is InChI=1S/C16H26N2O3/c1-10(2)7-6-8-18-13(5)14(9-11(3)15(19)20)12(4)17-16(18)21/h10-11H,6-9H2,1-5H3,(H,19,20). The maximum Gasteiger partial charge on any atom is 0.347 e. The minimum atomic E-state index is -0.827. The summed E-state index contributed by atoms with van der Waals surface area (Å²) in [6.07, 6.45) is 2.39. The first kappa shape index (κ1) is 17.4. The second kappa shape index (κ2) is 7.38. The van der Waals surface area contributed by atoms with Crippen LogP contribution < -0.4 is 5.69 Å². The van der Waals surface area contributed by atoms with Gasteiger partial charge in [0.1, 0.15) is 0 Å². The van der Waals surface area contributed by atoms with E-state index in [1.165, 1.54) is 0 Å². The first-order chi connectivity index (χ1) is 9.73. The fraction of sp³-hybridized carbons (Fsp3) is 0.688. The molecule has 0 saturated carbocycles. The summed E-state index contributed by atoms with van der Waals surface area (Å²) < 4.78 is 1.68. The lowest BCUT2D eigenvalue weighted by molar-refractivity contribution is -0.141. The molecule has 0 bridgehead atoms. The van der Waals surface area contributed by atoms with Gasteiger partial charge in [0.05, 0.1) is 5.92 Å². The fourth-order valence-electron chi connectivity index (χ4n) is 2.45. The zero-order valence-corrected chi connectivity index (χ0v) is 13.6. The normalized spacial score (nSPS) is 12.7. The van der Waals surface area contributed by atoms with Crippen LogP contribution in [0.5, 0.6) is 0 Å². The lowest BCUT2D eigenvalue weighted by Gasteiger charge is -2.17. The molecule has 5 heteroatoms. The summed E-state index contributed by atoms with van der Waals surface area (Å²) in [5.74, 6) is -0.705. The molecule has 0 aromatic carbocycles. The third-order valence-corrected chi connectivity index (χ3v) is 3.87. The zero-order valence-electron chi connectivity index (χ0n) is 13.6. The highest BCUT2D eigenvalue weighted by molar-refractivity contribution is 5.70. The Morgan fingerprint density at radius 3 is 2.43 bits per heavy atom. The molecule has 1 aromatic heterocycles. The van der Waals surface area contributed by atoms with Gasteiger partial charge in [-0.15, -0.1) is 0 Å². The molecule has 1 heterocycles. The molecule has 0 amide bonds. The van der Waals surface area contributed by atoms with Crippen LogP contribution >= 0.6 is 0 Å². The van der Waals surface area contributed by atoms with Crippen molar-refractivity contribution in [1.29, 1.82) is 0 Å². The van der Waals surface area contributed by atoms with Crippen LogP contribution in [0.15, 0.2) is 4.79 Å². The van der Waals surface area contributed by atoms with Gasteiger partial charge < -0.3 is 5.11 Å². The van der Waals surface area contributed by atoms with E-state index in [0.29, 0.717) is 24.6 Å². The smallest absolute Gasteiger partial charge is 0.347 e. The number of aromatic nitrogens is 2. The van der Waals surface area contributed by atoms with Crippen LogP contribution in [0.3, 0.4) is 0 Å². The molecule has 21 heavy (non-hydrogen) atoms. The van der Waals surface area contributed by atoms with E-state index in [2.05, 4.69) is 18.8 Å². The summed E-state index contributed by atoms with van der Waals surface area (Å²) >= 11 is 0. The molecule has 0 aliphatic rings. The van der Waals surface area contributed by atoms with Crippen molar-refractivity contribution in [3.05, 3.63) is 27.4 Å². The molecule has 0 spiro atoms. The van der Waals surface area contributed by atoms with Crippen molar-refractivity contribution in [3.8, 4) is 0 Å². The monoisotopic (exact) mass is 294 g/mol. The first-order valence-electron chi connectivity index (χ1n) is 7.53. The lowest BCUT2D eigenvalue weighted by atomic mass is 9.98. The summed E-state index contributed by atoms with van der Waals surface area (Å²) in [6, 6.07) is 0. The first-order valence-corrected chi connectivity index (χ1v) is 7.53. The van der Waals surface area contributed by atoms with Crippen molar-refractivity contribution in [2.45, 2.75) is 60.4 Å². The van der Waals surface area contributed by atoms with Gasteiger partial charge in [0, 0.05) is 17.9 Å². The SMILES string of the molecule is Cc1nc(=O)n(CCCC(C)C)c(C)c1CC(C)C(=O)O. The Bertz CT molecular complexity index is 561.